The van der Waals surface area contributed by atoms with E-state index in [1.54, 1.807) is 0 Å². The van der Waals surface area contributed by atoms with E-state index in [1.807, 2.05) is 0 Å². The van der Waals surface area contributed by atoms with Gasteiger partial charge in [0.05, 0.1) is 0 Å². The molecule has 0 aliphatic carbocycles. The van der Waals surface area contributed by atoms with Crippen molar-refractivity contribution >= 4 is 0 Å². The molecule has 0 spiro atoms. The number of hydrogen-bond donors (Lipinski definition) is 1. The summed E-state index contributed by atoms with van der Waals surface area (Å²) in [5.74, 6) is 0.635. The molecule has 1 rings (SSSR count). The van der Waals surface area contributed by atoms with Crippen molar-refractivity contribution in [2.75, 3.05) is 26.3 Å². The minimum Gasteiger partial charge on any atom is -0.329 e. The number of nitrogens with zero attached hydrogens (tertiary/aromatic N) is 1. The van der Waals surface area contributed by atoms with Crippen LogP contribution in [0.15, 0.2) is 0 Å². The third kappa shape index (κ3) is 2.17. The Balaban J connectivity index is 2.45. The fourth-order valence-corrected chi connectivity index (χ4v) is 2.10. The molecule has 0 aromatic rings. The highest BCUT2D eigenvalue weighted by Crippen LogP contribution is 2.21. The molecule has 72 valence electrons. The zero-order valence-electron chi connectivity index (χ0n) is 7.80. The highest BCUT2D eigenvalue weighted by atomic mass is 19.1. The minimum atomic E-state index is -0.247. The third-order valence-electron chi connectivity index (χ3n) is 2.84. The van der Waals surface area contributed by atoms with Gasteiger partial charge in [0.25, 0.3) is 0 Å². The maximum absolute atomic E-state index is 12.1. The average molecular weight is 174 g/mol. The van der Waals surface area contributed by atoms with E-state index in [0.717, 1.165) is 6.54 Å². The van der Waals surface area contributed by atoms with Gasteiger partial charge in [0.15, 0.2) is 0 Å². The molecule has 0 aromatic carbocycles. The summed E-state index contributed by atoms with van der Waals surface area (Å²) < 4.78 is 12.1. The average Bonchev–Trinajstić information content (AvgIpc) is 2.05. The Morgan fingerprint density at radius 1 is 1.58 bits per heavy atom. The van der Waals surface area contributed by atoms with Crippen molar-refractivity contribution in [1.29, 1.82) is 0 Å². The van der Waals surface area contributed by atoms with Gasteiger partial charge in [0.1, 0.15) is 6.67 Å². The van der Waals surface area contributed by atoms with Crippen molar-refractivity contribution in [2.45, 2.75) is 25.8 Å². The molecule has 0 saturated carbocycles. The second-order valence-corrected chi connectivity index (χ2v) is 3.65. The number of rotatable bonds is 3. The summed E-state index contributed by atoms with van der Waals surface area (Å²) in [5.41, 5.74) is 5.65. The summed E-state index contributed by atoms with van der Waals surface area (Å²) in [6.45, 7) is 4.22. The summed E-state index contributed by atoms with van der Waals surface area (Å²) in [4.78, 5) is 2.19. The fraction of sp³-hybridized carbons (Fsp3) is 1.00. The van der Waals surface area contributed by atoms with E-state index in [0.29, 0.717) is 25.0 Å². The molecule has 0 amide bonds. The van der Waals surface area contributed by atoms with E-state index in [4.69, 9.17) is 5.73 Å². The summed E-state index contributed by atoms with van der Waals surface area (Å²) in [6, 6.07) is 0.412. The highest BCUT2D eigenvalue weighted by Gasteiger charge is 2.26. The number of halogens is 1. The third-order valence-corrected chi connectivity index (χ3v) is 2.84. The second-order valence-electron chi connectivity index (χ2n) is 3.65. The van der Waals surface area contributed by atoms with Crippen molar-refractivity contribution in [3.05, 3.63) is 0 Å². The molecule has 0 bridgehead atoms. The summed E-state index contributed by atoms with van der Waals surface area (Å²) in [5, 5.41) is 0. The van der Waals surface area contributed by atoms with E-state index in [-0.39, 0.29) is 6.67 Å². The van der Waals surface area contributed by atoms with E-state index >= 15 is 0 Å². The Bertz CT molecular complexity index is 128. The minimum absolute atomic E-state index is 0.247. The molecule has 2 nitrogen and oxygen atoms in total. The zero-order valence-corrected chi connectivity index (χ0v) is 7.80. The summed E-state index contributed by atoms with van der Waals surface area (Å²) in [6.07, 6.45) is 2.43. The second kappa shape index (κ2) is 4.77. The molecular weight excluding hydrogens is 155 g/mol. The Labute approximate surface area is 73.9 Å². The van der Waals surface area contributed by atoms with Crippen LogP contribution in [0.4, 0.5) is 4.39 Å². The zero-order chi connectivity index (χ0) is 8.97. The van der Waals surface area contributed by atoms with Gasteiger partial charge >= 0.3 is 0 Å². The molecule has 12 heavy (non-hydrogen) atoms. The van der Waals surface area contributed by atoms with E-state index in [9.17, 15) is 4.39 Å². The van der Waals surface area contributed by atoms with E-state index in [2.05, 4.69) is 11.8 Å². The normalized spacial score (nSPS) is 32.2. The van der Waals surface area contributed by atoms with Crippen LogP contribution in [-0.2, 0) is 0 Å². The van der Waals surface area contributed by atoms with Crippen LogP contribution in [0.1, 0.15) is 19.8 Å². The molecule has 2 atom stereocenters. The molecule has 2 N–H and O–H groups in total. The Morgan fingerprint density at radius 3 is 2.92 bits per heavy atom. The van der Waals surface area contributed by atoms with Crippen molar-refractivity contribution in [2.24, 2.45) is 11.7 Å². The maximum Gasteiger partial charge on any atom is 0.102 e. The van der Waals surface area contributed by atoms with Gasteiger partial charge in [-0.05, 0) is 25.3 Å². The molecule has 1 aliphatic heterocycles. The highest BCUT2D eigenvalue weighted by molar-refractivity contribution is 4.82. The summed E-state index contributed by atoms with van der Waals surface area (Å²) in [7, 11) is 0. The first-order valence-electron chi connectivity index (χ1n) is 4.79. The number of likely N-dealkylation sites (tertiary alicyclic amines) is 1. The Kier molecular flexibility index (Phi) is 3.95. The lowest BCUT2D eigenvalue weighted by molar-refractivity contribution is 0.0992. The summed E-state index contributed by atoms with van der Waals surface area (Å²) >= 11 is 0. The maximum atomic E-state index is 12.1. The van der Waals surface area contributed by atoms with E-state index < -0.39 is 0 Å². The molecule has 1 fully saturated rings. The van der Waals surface area contributed by atoms with Crippen LogP contribution in [0.25, 0.3) is 0 Å². The van der Waals surface area contributed by atoms with Gasteiger partial charge in [-0.15, -0.1) is 0 Å². The number of alkyl halides is 1. The fourth-order valence-electron chi connectivity index (χ4n) is 2.10. The van der Waals surface area contributed by atoms with Crippen LogP contribution in [0.3, 0.4) is 0 Å². The van der Waals surface area contributed by atoms with Crippen LogP contribution in [-0.4, -0.2) is 37.3 Å². The van der Waals surface area contributed by atoms with Crippen molar-refractivity contribution in [1.82, 2.24) is 4.90 Å². The van der Waals surface area contributed by atoms with Crippen molar-refractivity contribution < 1.29 is 4.39 Å². The van der Waals surface area contributed by atoms with Gasteiger partial charge in [-0.2, -0.15) is 0 Å². The number of piperidine rings is 1. The first-order chi connectivity index (χ1) is 5.79. The SMILES string of the molecule is CC1CCCN(CCF)C1CN. The van der Waals surface area contributed by atoms with Gasteiger partial charge in [0.2, 0.25) is 0 Å². The lowest BCUT2D eigenvalue weighted by Crippen LogP contribution is -2.49. The van der Waals surface area contributed by atoms with Crippen LogP contribution in [0.5, 0.6) is 0 Å². The standard InChI is InChI=1S/C9H19FN2/c1-8-3-2-5-12(6-4-10)9(8)7-11/h8-9H,2-7,11H2,1H3. The van der Waals surface area contributed by atoms with Crippen LogP contribution in [0.2, 0.25) is 0 Å². The molecule has 0 radical (unpaired) electrons. The largest absolute Gasteiger partial charge is 0.329 e. The monoisotopic (exact) mass is 174 g/mol. The predicted molar refractivity (Wildman–Crippen MR) is 48.8 cm³/mol. The van der Waals surface area contributed by atoms with Crippen molar-refractivity contribution in [3.63, 3.8) is 0 Å². The molecule has 0 aromatic heterocycles. The van der Waals surface area contributed by atoms with Gasteiger partial charge in [-0.1, -0.05) is 6.92 Å². The molecule has 3 heteroatoms. The van der Waals surface area contributed by atoms with Crippen LogP contribution >= 0.6 is 0 Å². The van der Waals surface area contributed by atoms with Gasteiger partial charge in [-0.25, -0.2) is 4.39 Å². The molecular formula is C9H19FN2. The molecule has 1 heterocycles. The van der Waals surface area contributed by atoms with E-state index in [1.165, 1.54) is 12.8 Å². The van der Waals surface area contributed by atoms with Crippen LogP contribution in [0, 0.1) is 5.92 Å². The first kappa shape index (κ1) is 9.93. The Hall–Kier alpha value is -0.150. The Morgan fingerprint density at radius 2 is 2.33 bits per heavy atom. The van der Waals surface area contributed by atoms with Gasteiger partial charge in [-0.3, -0.25) is 4.90 Å². The van der Waals surface area contributed by atoms with Crippen LogP contribution < -0.4 is 5.73 Å². The molecule has 2 unspecified atom stereocenters. The first-order valence-corrected chi connectivity index (χ1v) is 4.79. The number of nitrogens with two attached hydrogens (primary N) is 1. The molecule has 1 aliphatic rings. The number of hydrogen-bond acceptors (Lipinski definition) is 2. The smallest absolute Gasteiger partial charge is 0.102 e. The lowest BCUT2D eigenvalue weighted by Gasteiger charge is -2.38. The van der Waals surface area contributed by atoms with Gasteiger partial charge in [0, 0.05) is 19.1 Å². The predicted octanol–water partition coefficient (Wildman–Crippen LogP) is 1.02. The molecule has 1 saturated heterocycles. The quantitative estimate of drug-likeness (QED) is 0.692. The van der Waals surface area contributed by atoms with Crippen molar-refractivity contribution in [3.8, 4) is 0 Å². The van der Waals surface area contributed by atoms with Gasteiger partial charge < -0.3 is 5.73 Å². The topological polar surface area (TPSA) is 29.3 Å². The lowest BCUT2D eigenvalue weighted by atomic mass is 9.91.